The number of hydrogen-bond acceptors (Lipinski definition) is 6. The van der Waals surface area contributed by atoms with Crippen molar-refractivity contribution in [1.82, 2.24) is 25.2 Å². The zero-order chi connectivity index (χ0) is 13.0. The molecule has 0 amide bonds. The lowest BCUT2D eigenvalue weighted by Gasteiger charge is -2.03. The number of carbonyl (C=O) groups is 1. The minimum atomic E-state index is -0.542. The number of pyridine rings is 1. The molecule has 0 bridgehead atoms. The van der Waals surface area contributed by atoms with Crippen molar-refractivity contribution in [2.75, 3.05) is 6.61 Å². The Morgan fingerprint density at radius 3 is 3.00 bits per heavy atom. The highest BCUT2D eigenvalue weighted by Crippen LogP contribution is 2.08. The topological polar surface area (TPSA) is 82.8 Å². The molecule has 2 aromatic heterocycles. The fourth-order valence-corrected chi connectivity index (χ4v) is 1.54. The first-order valence-electron chi connectivity index (χ1n) is 5.24. The molecule has 0 radical (unpaired) electrons. The summed E-state index contributed by atoms with van der Waals surface area (Å²) in [6.07, 6.45) is 1.67. The van der Waals surface area contributed by atoms with E-state index in [-0.39, 0.29) is 12.4 Å². The summed E-state index contributed by atoms with van der Waals surface area (Å²) in [6, 6.07) is 3.68. The van der Waals surface area contributed by atoms with E-state index >= 15 is 0 Å². The minimum Gasteiger partial charge on any atom is -0.460 e. The van der Waals surface area contributed by atoms with Gasteiger partial charge in [-0.25, -0.2) is 9.48 Å². The van der Waals surface area contributed by atoms with Gasteiger partial charge in [0.2, 0.25) is 0 Å². The summed E-state index contributed by atoms with van der Waals surface area (Å²) in [5, 5.41) is 10.8. The highest BCUT2D eigenvalue weighted by atomic mass is 79.9. The standard InChI is InChI=1S/C10H10BrN5O2/c1-2-18-10(17)9-13-14-15-16(9)6-8-4-3-7(11)5-12-8/h3-5H,2,6H2,1H3. The van der Waals surface area contributed by atoms with E-state index in [1.165, 1.54) is 4.68 Å². The van der Waals surface area contributed by atoms with Crippen molar-refractivity contribution < 1.29 is 9.53 Å². The summed E-state index contributed by atoms with van der Waals surface area (Å²) in [5.41, 5.74) is 0.746. The van der Waals surface area contributed by atoms with Crippen LogP contribution in [0.4, 0.5) is 0 Å². The van der Waals surface area contributed by atoms with Gasteiger partial charge in [-0.2, -0.15) is 0 Å². The predicted molar refractivity (Wildman–Crippen MR) is 64.8 cm³/mol. The van der Waals surface area contributed by atoms with Crippen molar-refractivity contribution >= 4 is 21.9 Å². The van der Waals surface area contributed by atoms with Crippen LogP contribution in [0.3, 0.4) is 0 Å². The number of carbonyl (C=O) groups excluding carboxylic acids is 1. The van der Waals surface area contributed by atoms with Crippen molar-refractivity contribution in [3.05, 3.63) is 34.3 Å². The molecule has 0 aliphatic carbocycles. The molecule has 94 valence electrons. The van der Waals surface area contributed by atoms with Gasteiger partial charge in [-0.1, -0.05) is 0 Å². The molecule has 0 atom stereocenters. The molecule has 0 unspecified atom stereocenters. The first-order valence-corrected chi connectivity index (χ1v) is 6.03. The zero-order valence-electron chi connectivity index (χ0n) is 9.58. The zero-order valence-corrected chi connectivity index (χ0v) is 11.2. The second-order valence-electron chi connectivity index (χ2n) is 3.35. The summed E-state index contributed by atoms with van der Waals surface area (Å²) < 4.78 is 7.09. The molecule has 0 aliphatic rings. The monoisotopic (exact) mass is 311 g/mol. The largest absolute Gasteiger partial charge is 0.460 e. The Hall–Kier alpha value is -1.83. The van der Waals surface area contributed by atoms with Gasteiger partial charge in [-0.15, -0.1) is 5.10 Å². The summed E-state index contributed by atoms with van der Waals surface area (Å²) >= 11 is 3.30. The average Bonchev–Trinajstić information content (AvgIpc) is 2.81. The second-order valence-corrected chi connectivity index (χ2v) is 4.26. The smallest absolute Gasteiger partial charge is 0.378 e. The number of hydrogen-bond donors (Lipinski definition) is 0. The van der Waals surface area contributed by atoms with Crippen LogP contribution in [-0.2, 0) is 11.3 Å². The molecule has 18 heavy (non-hydrogen) atoms. The van der Waals surface area contributed by atoms with Crippen LogP contribution < -0.4 is 0 Å². The van der Waals surface area contributed by atoms with Crippen LogP contribution in [0.15, 0.2) is 22.8 Å². The summed E-state index contributed by atoms with van der Waals surface area (Å²) in [5.74, 6) is -0.471. The van der Waals surface area contributed by atoms with Gasteiger partial charge in [0, 0.05) is 10.7 Å². The molecule has 0 N–H and O–H groups in total. The third-order valence-corrected chi connectivity index (χ3v) is 2.56. The molecule has 8 heteroatoms. The van der Waals surface area contributed by atoms with Crippen LogP contribution in [0.2, 0.25) is 0 Å². The first kappa shape index (κ1) is 12.6. The lowest BCUT2D eigenvalue weighted by atomic mass is 10.3. The van der Waals surface area contributed by atoms with E-state index in [4.69, 9.17) is 4.74 Å². The average molecular weight is 312 g/mol. The van der Waals surface area contributed by atoms with Gasteiger partial charge in [0.25, 0.3) is 5.82 Å². The highest BCUT2D eigenvalue weighted by molar-refractivity contribution is 9.10. The van der Waals surface area contributed by atoms with Crippen LogP contribution >= 0.6 is 15.9 Å². The van der Waals surface area contributed by atoms with Crippen LogP contribution in [0.25, 0.3) is 0 Å². The van der Waals surface area contributed by atoms with Crippen LogP contribution in [0.5, 0.6) is 0 Å². The van der Waals surface area contributed by atoms with E-state index in [9.17, 15) is 4.79 Å². The van der Waals surface area contributed by atoms with Crippen LogP contribution in [-0.4, -0.2) is 37.8 Å². The van der Waals surface area contributed by atoms with Crippen molar-refractivity contribution in [3.8, 4) is 0 Å². The maximum Gasteiger partial charge on any atom is 0.378 e. The highest BCUT2D eigenvalue weighted by Gasteiger charge is 2.16. The summed E-state index contributed by atoms with van der Waals surface area (Å²) in [4.78, 5) is 15.7. The van der Waals surface area contributed by atoms with Gasteiger partial charge in [-0.05, 0) is 45.4 Å². The number of halogens is 1. The normalized spacial score (nSPS) is 10.3. The Balaban J connectivity index is 2.17. The van der Waals surface area contributed by atoms with Crippen LogP contribution in [0, 0.1) is 0 Å². The molecule has 0 spiro atoms. The third kappa shape index (κ3) is 2.89. The van der Waals surface area contributed by atoms with E-state index in [2.05, 4.69) is 36.4 Å². The molecular formula is C10H10BrN5O2. The molecule has 2 heterocycles. The molecule has 0 aliphatic heterocycles. The van der Waals surface area contributed by atoms with Gasteiger partial charge < -0.3 is 4.74 Å². The lowest BCUT2D eigenvalue weighted by Crippen LogP contribution is -2.15. The van der Waals surface area contributed by atoms with Crippen molar-refractivity contribution in [3.63, 3.8) is 0 Å². The fourth-order valence-electron chi connectivity index (χ4n) is 1.31. The maximum absolute atomic E-state index is 11.6. The number of esters is 1. The van der Waals surface area contributed by atoms with E-state index in [1.807, 2.05) is 12.1 Å². The molecule has 2 aromatic rings. The van der Waals surface area contributed by atoms with Gasteiger partial charge in [0.05, 0.1) is 18.8 Å². The second kappa shape index (κ2) is 5.67. The number of tetrazole rings is 1. The number of aromatic nitrogens is 5. The van der Waals surface area contributed by atoms with E-state index in [0.29, 0.717) is 6.54 Å². The predicted octanol–water partition coefficient (Wildman–Crippen LogP) is 1.06. The maximum atomic E-state index is 11.6. The van der Waals surface area contributed by atoms with Gasteiger partial charge in [0.15, 0.2) is 0 Å². The summed E-state index contributed by atoms with van der Waals surface area (Å²) in [6.45, 7) is 2.32. The Labute approximate surface area is 111 Å². The quantitative estimate of drug-likeness (QED) is 0.785. The van der Waals surface area contributed by atoms with Crippen LogP contribution in [0.1, 0.15) is 23.2 Å². The molecule has 0 saturated carbocycles. The Morgan fingerprint density at radius 1 is 1.50 bits per heavy atom. The first-order chi connectivity index (χ1) is 8.70. The molecule has 0 aromatic carbocycles. The number of nitrogens with zero attached hydrogens (tertiary/aromatic N) is 5. The van der Waals surface area contributed by atoms with Crippen molar-refractivity contribution in [2.45, 2.75) is 13.5 Å². The van der Waals surface area contributed by atoms with E-state index in [0.717, 1.165) is 10.2 Å². The fraction of sp³-hybridized carbons (Fsp3) is 0.300. The summed E-state index contributed by atoms with van der Waals surface area (Å²) in [7, 11) is 0. The molecule has 7 nitrogen and oxygen atoms in total. The Bertz CT molecular complexity index is 539. The molecular weight excluding hydrogens is 302 g/mol. The van der Waals surface area contributed by atoms with Gasteiger partial charge in [0.1, 0.15) is 0 Å². The van der Waals surface area contributed by atoms with E-state index < -0.39 is 5.97 Å². The minimum absolute atomic E-state index is 0.0709. The Kier molecular flexibility index (Phi) is 3.98. The number of ether oxygens (including phenoxy) is 1. The Morgan fingerprint density at radius 2 is 2.33 bits per heavy atom. The lowest BCUT2D eigenvalue weighted by molar-refractivity contribution is 0.0505. The van der Waals surface area contributed by atoms with Crippen molar-refractivity contribution in [1.29, 1.82) is 0 Å². The number of rotatable bonds is 4. The van der Waals surface area contributed by atoms with Gasteiger partial charge >= 0.3 is 5.97 Å². The van der Waals surface area contributed by atoms with E-state index in [1.54, 1.807) is 13.1 Å². The van der Waals surface area contributed by atoms with Gasteiger partial charge in [-0.3, -0.25) is 4.98 Å². The SMILES string of the molecule is CCOC(=O)c1nnnn1Cc1ccc(Br)cn1. The van der Waals surface area contributed by atoms with Crippen molar-refractivity contribution in [2.24, 2.45) is 0 Å². The third-order valence-electron chi connectivity index (χ3n) is 2.09. The molecule has 2 rings (SSSR count). The molecule has 0 fully saturated rings. The molecule has 0 saturated heterocycles.